The Morgan fingerprint density at radius 1 is 1.29 bits per heavy atom. The van der Waals surface area contributed by atoms with E-state index < -0.39 is 0 Å². The number of amides is 1. The lowest BCUT2D eigenvalue weighted by Crippen LogP contribution is -2.46. The summed E-state index contributed by atoms with van der Waals surface area (Å²) in [6.45, 7) is 3.86. The lowest BCUT2D eigenvalue weighted by molar-refractivity contribution is -0.133. The van der Waals surface area contributed by atoms with Crippen molar-refractivity contribution in [1.29, 1.82) is 0 Å². The molecule has 24 heavy (non-hydrogen) atoms. The Balaban J connectivity index is 1.46. The number of nitrogens with zero attached hydrogens (tertiary/aromatic N) is 1. The van der Waals surface area contributed by atoms with Crippen molar-refractivity contribution in [3.8, 4) is 0 Å². The van der Waals surface area contributed by atoms with Crippen molar-refractivity contribution in [1.82, 2.24) is 10.2 Å². The standard InChI is InChI=1S/C18H24Cl2N2O2/c19-15-1-2-17(20)14(10-15)9-13-3-6-22(7-4-13)18(23)11-16-12-24-8-5-21-16/h1-2,10,13,16,21H,3-9,11-12H2. The van der Waals surface area contributed by atoms with Crippen LogP contribution in [0.3, 0.4) is 0 Å². The van der Waals surface area contributed by atoms with Crippen molar-refractivity contribution < 1.29 is 9.53 Å². The molecule has 0 radical (unpaired) electrons. The minimum absolute atomic E-state index is 0.161. The smallest absolute Gasteiger partial charge is 0.224 e. The monoisotopic (exact) mass is 370 g/mol. The number of nitrogens with one attached hydrogen (secondary N) is 1. The minimum atomic E-state index is 0.161. The van der Waals surface area contributed by atoms with Gasteiger partial charge in [-0.15, -0.1) is 0 Å². The summed E-state index contributed by atoms with van der Waals surface area (Å²) in [5, 5.41) is 4.85. The molecule has 1 atom stereocenters. The highest BCUT2D eigenvalue weighted by Crippen LogP contribution is 2.28. The average Bonchev–Trinajstić information content (AvgIpc) is 2.60. The molecule has 1 unspecified atom stereocenters. The molecule has 2 fully saturated rings. The fourth-order valence-electron chi connectivity index (χ4n) is 3.49. The Morgan fingerprint density at radius 2 is 2.08 bits per heavy atom. The quantitative estimate of drug-likeness (QED) is 0.884. The fourth-order valence-corrected chi connectivity index (χ4v) is 3.88. The van der Waals surface area contributed by atoms with Crippen LogP contribution in [0.2, 0.25) is 10.0 Å². The van der Waals surface area contributed by atoms with Crippen LogP contribution in [0.15, 0.2) is 18.2 Å². The summed E-state index contributed by atoms with van der Waals surface area (Å²) < 4.78 is 5.42. The maximum atomic E-state index is 12.4. The molecule has 2 aliphatic heterocycles. The molecule has 1 amide bonds. The molecule has 0 saturated carbocycles. The first-order valence-corrected chi connectivity index (χ1v) is 9.40. The van der Waals surface area contributed by atoms with Crippen LogP contribution >= 0.6 is 23.2 Å². The Labute approximate surface area is 153 Å². The van der Waals surface area contributed by atoms with Gasteiger partial charge in [0.1, 0.15) is 0 Å². The van der Waals surface area contributed by atoms with Gasteiger partial charge in [0.2, 0.25) is 5.91 Å². The van der Waals surface area contributed by atoms with Crippen LogP contribution < -0.4 is 5.32 Å². The van der Waals surface area contributed by atoms with Gasteiger partial charge in [0.05, 0.1) is 13.2 Å². The highest BCUT2D eigenvalue weighted by atomic mass is 35.5. The van der Waals surface area contributed by atoms with Gasteiger partial charge in [0.25, 0.3) is 0 Å². The number of likely N-dealkylation sites (tertiary alicyclic amines) is 1. The summed E-state index contributed by atoms with van der Waals surface area (Å²) in [6, 6.07) is 5.79. The van der Waals surface area contributed by atoms with E-state index >= 15 is 0 Å². The zero-order valence-corrected chi connectivity index (χ0v) is 15.3. The topological polar surface area (TPSA) is 41.6 Å². The fraction of sp³-hybridized carbons (Fsp3) is 0.611. The second-order valence-corrected chi connectivity index (χ2v) is 7.54. The molecule has 0 aromatic heterocycles. The molecule has 132 valence electrons. The van der Waals surface area contributed by atoms with Gasteiger partial charge in [-0.25, -0.2) is 0 Å². The average molecular weight is 371 g/mol. The zero-order chi connectivity index (χ0) is 16.9. The van der Waals surface area contributed by atoms with Crippen LogP contribution in [0, 0.1) is 5.92 Å². The Morgan fingerprint density at radius 3 is 2.79 bits per heavy atom. The van der Waals surface area contributed by atoms with Crippen molar-refractivity contribution >= 4 is 29.1 Å². The Hall–Kier alpha value is -0.810. The van der Waals surface area contributed by atoms with E-state index in [9.17, 15) is 4.79 Å². The number of hydrogen-bond acceptors (Lipinski definition) is 3. The summed E-state index contributed by atoms with van der Waals surface area (Å²) in [7, 11) is 0. The van der Waals surface area contributed by atoms with E-state index in [-0.39, 0.29) is 11.9 Å². The van der Waals surface area contributed by atoms with Crippen molar-refractivity contribution in [3.05, 3.63) is 33.8 Å². The van der Waals surface area contributed by atoms with E-state index in [4.69, 9.17) is 27.9 Å². The van der Waals surface area contributed by atoms with Crippen molar-refractivity contribution in [2.24, 2.45) is 5.92 Å². The third-order valence-corrected chi connectivity index (χ3v) is 5.51. The van der Waals surface area contributed by atoms with Crippen LogP contribution in [0.1, 0.15) is 24.8 Å². The predicted octanol–water partition coefficient (Wildman–Crippen LogP) is 3.15. The molecule has 1 aromatic carbocycles. The van der Waals surface area contributed by atoms with E-state index in [0.717, 1.165) is 61.1 Å². The maximum Gasteiger partial charge on any atom is 0.224 e. The summed E-state index contributed by atoms with van der Waals surface area (Å²) in [5.41, 5.74) is 1.11. The largest absolute Gasteiger partial charge is 0.378 e. The van der Waals surface area contributed by atoms with E-state index in [2.05, 4.69) is 5.32 Å². The molecule has 3 rings (SSSR count). The van der Waals surface area contributed by atoms with Gasteiger partial charge in [-0.1, -0.05) is 23.2 Å². The van der Waals surface area contributed by atoms with Crippen LogP contribution in [-0.4, -0.2) is 49.7 Å². The number of ether oxygens (including phenoxy) is 1. The third kappa shape index (κ3) is 4.85. The molecule has 2 saturated heterocycles. The van der Waals surface area contributed by atoms with Crippen molar-refractivity contribution in [3.63, 3.8) is 0 Å². The SMILES string of the molecule is O=C(CC1COCCN1)N1CCC(Cc2cc(Cl)ccc2Cl)CC1. The molecule has 1 N–H and O–H groups in total. The first kappa shape index (κ1) is 18.0. The number of morpholine rings is 1. The molecule has 0 aliphatic carbocycles. The molecule has 6 heteroatoms. The molecular weight excluding hydrogens is 347 g/mol. The van der Waals surface area contributed by atoms with E-state index in [1.807, 2.05) is 23.1 Å². The number of halogens is 2. The lowest BCUT2D eigenvalue weighted by Gasteiger charge is -2.33. The first-order valence-electron chi connectivity index (χ1n) is 8.64. The molecule has 0 spiro atoms. The zero-order valence-electron chi connectivity index (χ0n) is 13.8. The van der Waals surface area contributed by atoms with E-state index in [1.165, 1.54) is 0 Å². The molecule has 2 aliphatic rings. The number of rotatable bonds is 4. The number of benzene rings is 1. The molecule has 0 bridgehead atoms. The van der Waals surface area contributed by atoms with Gasteiger partial charge in [0.15, 0.2) is 0 Å². The summed E-state index contributed by atoms with van der Waals surface area (Å²) in [5.74, 6) is 0.790. The second kappa shape index (κ2) is 8.52. The van der Waals surface area contributed by atoms with Crippen LogP contribution in [0.25, 0.3) is 0 Å². The number of hydrogen-bond donors (Lipinski definition) is 1. The van der Waals surface area contributed by atoms with Crippen LogP contribution in [0.5, 0.6) is 0 Å². The summed E-state index contributed by atoms with van der Waals surface area (Å²) >= 11 is 12.3. The predicted molar refractivity (Wildman–Crippen MR) is 96.7 cm³/mol. The Bertz CT molecular complexity index is 568. The van der Waals surface area contributed by atoms with Gasteiger partial charge in [0, 0.05) is 42.1 Å². The molecule has 1 aromatic rings. The highest BCUT2D eigenvalue weighted by molar-refractivity contribution is 6.33. The van der Waals surface area contributed by atoms with Crippen LogP contribution in [0.4, 0.5) is 0 Å². The maximum absolute atomic E-state index is 12.4. The van der Waals surface area contributed by atoms with Gasteiger partial charge in [-0.05, 0) is 48.9 Å². The van der Waals surface area contributed by atoms with Gasteiger partial charge in [-0.3, -0.25) is 4.79 Å². The second-order valence-electron chi connectivity index (χ2n) is 6.69. The lowest BCUT2D eigenvalue weighted by atomic mass is 9.90. The number of carbonyl (C=O) groups is 1. The van der Waals surface area contributed by atoms with Crippen LogP contribution in [-0.2, 0) is 16.0 Å². The van der Waals surface area contributed by atoms with E-state index in [1.54, 1.807) is 0 Å². The van der Waals surface area contributed by atoms with Gasteiger partial charge >= 0.3 is 0 Å². The molecule has 2 heterocycles. The van der Waals surface area contributed by atoms with Gasteiger partial charge in [-0.2, -0.15) is 0 Å². The highest BCUT2D eigenvalue weighted by Gasteiger charge is 2.26. The Kier molecular flexibility index (Phi) is 6.39. The summed E-state index contributed by atoms with van der Waals surface area (Å²) in [6.07, 6.45) is 3.50. The van der Waals surface area contributed by atoms with Crippen molar-refractivity contribution in [2.75, 3.05) is 32.8 Å². The molecule has 4 nitrogen and oxygen atoms in total. The minimum Gasteiger partial charge on any atom is -0.378 e. The third-order valence-electron chi connectivity index (χ3n) is 4.90. The normalized spacial score (nSPS) is 22.6. The molecular formula is C18H24Cl2N2O2. The first-order chi connectivity index (χ1) is 11.6. The number of carbonyl (C=O) groups excluding carboxylic acids is 1. The van der Waals surface area contributed by atoms with Crippen molar-refractivity contribution in [2.45, 2.75) is 31.7 Å². The van der Waals surface area contributed by atoms with E-state index in [0.29, 0.717) is 18.9 Å². The van der Waals surface area contributed by atoms with Gasteiger partial charge < -0.3 is 15.0 Å². The summed E-state index contributed by atoms with van der Waals surface area (Å²) in [4.78, 5) is 14.4. The number of piperidine rings is 1.